The molecule has 2 aromatic rings. The summed E-state index contributed by atoms with van der Waals surface area (Å²) in [6.45, 7) is 0.183. The van der Waals surface area contributed by atoms with Gasteiger partial charge in [0.25, 0.3) is 0 Å². The van der Waals surface area contributed by atoms with Gasteiger partial charge in [-0.2, -0.15) is 10.4 Å². The molecule has 0 fully saturated rings. The summed E-state index contributed by atoms with van der Waals surface area (Å²) >= 11 is 0. The zero-order chi connectivity index (χ0) is 15.1. The van der Waals surface area contributed by atoms with E-state index in [1.807, 2.05) is 6.07 Å². The van der Waals surface area contributed by atoms with E-state index in [9.17, 15) is 4.79 Å². The van der Waals surface area contributed by atoms with Gasteiger partial charge < -0.3 is 15.7 Å². The molecule has 3 N–H and O–H groups in total. The smallest absolute Gasteiger partial charge is 0.241 e. The number of amides is 1. The molecule has 0 saturated carbocycles. The number of nitriles is 1. The topological polar surface area (TPSA) is 116 Å². The molecule has 0 spiro atoms. The second-order valence-electron chi connectivity index (χ2n) is 4.15. The summed E-state index contributed by atoms with van der Waals surface area (Å²) in [4.78, 5) is 15.6. The van der Waals surface area contributed by atoms with E-state index < -0.39 is 0 Å². The maximum absolute atomic E-state index is 11.5. The fraction of sp³-hybridized carbons (Fsp3) is 0.231. The van der Waals surface area contributed by atoms with E-state index in [2.05, 4.69) is 20.7 Å². The van der Waals surface area contributed by atoms with E-state index in [-0.39, 0.29) is 25.6 Å². The van der Waals surface area contributed by atoms with E-state index in [1.165, 1.54) is 4.68 Å². The molecule has 0 radical (unpaired) electrons. The number of hydrogen-bond donors (Lipinski definition) is 3. The Labute approximate surface area is 121 Å². The van der Waals surface area contributed by atoms with Crippen LogP contribution in [0.5, 0.6) is 0 Å². The van der Waals surface area contributed by atoms with Gasteiger partial charge in [-0.3, -0.25) is 9.48 Å². The molecule has 2 aromatic heterocycles. The molecule has 0 aromatic carbocycles. The van der Waals surface area contributed by atoms with Gasteiger partial charge in [-0.25, -0.2) is 4.98 Å². The standard InChI is InChI=1S/C13H14N6O2/c14-6-10-2-1-3-12(17-10)18-11-7-16-19(8-11)9-13(21)15-4-5-20/h1-3,7-8,20H,4-5,9H2,(H,15,21)(H,17,18). The van der Waals surface area contributed by atoms with E-state index in [4.69, 9.17) is 10.4 Å². The number of nitrogens with one attached hydrogen (secondary N) is 2. The van der Waals surface area contributed by atoms with E-state index in [1.54, 1.807) is 30.6 Å². The highest BCUT2D eigenvalue weighted by Crippen LogP contribution is 2.13. The minimum atomic E-state index is -0.233. The van der Waals surface area contributed by atoms with Crippen LogP contribution in [-0.2, 0) is 11.3 Å². The molecule has 108 valence electrons. The Hall–Kier alpha value is -2.92. The Balaban J connectivity index is 1.96. The molecule has 0 aliphatic carbocycles. The molecule has 21 heavy (non-hydrogen) atoms. The predicted molar refractivity (Wildman–Crippen MR) is 74.6 cm³/mol. The van der Waals surface area contributed by atoms with Crippen molar-refractivity contribution in [3.63, 3.8) is 0 Å². The van der Waals surface area contributed by atoms with Crippen LogP contribution < -0.4 is 10.6 Å². The van der Waals surface area contributed by atoms with Crippen molar-refractivity contribution < 1.29 is 9.90 Å². The lowest BCUT2D eigenvalue weighted by molar-refractivity contribution is -0.122. The number of rotatable bonds is 6. The number of aromatic nitrogens is 3. The highest BCUT2D eigenvalue weighted by molar-refractivity contribution is 5.75. The van der Waals surface area contributed by atoms with Gasteiger partial charge in [-0.15, -0.1) is 0 Å². The lowest BCUT2D eigenvalue weighted by Gasteiger charge is -2.03. The lowest BCUT2D eigenvalue weighted by atomic mass is 10.3. The van der Waals surface area contributed by atoms with Gasteiger partial charge in [0.1, 0.15) is 24.1 Å². The van der Waals surface area contributed by atoms with Gasteiger partial charge in [0.15, 0.2) is 0 Å². The Morgan fingerprint density at radius 2 is 2.33 bits per heavy atom. The Morgan fingerprint density at radius 1 is 1.48 bits per heavy atom. The summed E-state index contributed by atoms with van der Waals surface area (Å²) in [5, 5.41) is 27.0. The highest BCUT2D eigenvalue weighted by atomic mass is 16.3. The summed E-state index contributed by atoms with van der Waals surface area (Å²) in [5.74, 6) is 0.293. The van der Waals surface area contributed by atoms with Gasteiger partial charge >= 0.3 is 0 Å². The van der Waals surface area contributed by atoms with Crippen LogP contribution >= 0.6 is 0 Å². The first-order valence-electron chi connectivity index (χ1n) is 6.25. The van der Waals surface area contributed by atoms with Crippen molar-refractivity contribution >= 4 is 17.4 Å². The van der Waals surface area contributed by atoms with Crippen molar-refractivity contribution in [3.05, 3.63) is 36.3 Å². The molecule has 0 atom stereocenters. The van der Waals surface area contributed by atoms with Crippen molar-refractivity contribution in [1.82, 2.24) is 20.1 Å². The third-order valence-corrected chi connectivity index (χ3v) is 2.51. The molecule has 8 heteroatoms. The van der Waals surface area contributed by atoms with Crippen LogP contribution in [0.1, 0.15) is 5.69 Å². The molecular formula is C13H14N6O2. The fourth-order valence-electron chi connectivity index (χ4n) is 1.63. The summed E-state index contributed by atoms with van der Waals surface area (Å²) < 4.78 is 1.46. The second-order valence-corrected chi connectivity index (χ2v) is 4.15. The SMILES string of the molecule is N#Cc1cccc(Nc2cnn(CC(=O)NCCO)c2)n1. The van der Waals surface area contributed by atoms with Gasteiger partial charge in [0.05, 0.1) is 18.5 Å². The molecular weight excluding hydrogens is 272 g/mol. The number of nitrogens with zero attached hydrogens (tertiary/aromatic N) is 4. The van der Waals surface area contributed by atoms with Gasteiger partial charge in [-0.1, -0.05) is 6.07 Å². The molecule has 0 saturated heterocycles. The maximum atomic E-state index is 11.5. The zero-order valence-electron chi connectivity index (χ0n) is 11.2. The van der Waals surface area contributed by atoms with Crippen LogP contribution in [0.25, 0.3) is 0 Å². The van der Waals surface area contributed by atoms with Crippen molar-refractivity contribution in [2.24, 2.45) is 0 Å². The van der Waals surface area contributed by atoms with Crippen molar-refractivity contribution in [3.8, 4) is 6.07 Å². The molecule has 1 amide bonds. The minimum absolute atomic E-state index is 0.0628. The van der Waals surface area contributed by atoms with Crippen LogP contribution in [0.2, 0.25) is 0 Å². The fourth-order valence-corrected chi connectivity index (χ4v) is 1.63. The predicted octanol–water partition coefficient (Wildman–Crippen LogP) is 0.00188. The lowest BCUT2D eigenvalue weighted by Crippen LogP contribution is -2.30. The normalized spacial score (nSPS) is 9.90. The van der Waals surface area contributed by atoms with Crippen LogP contribution in [0, 0.1) is 11.3 Å². The highest BCUT2D eigenvalue weighted by Gasteiger charge is 2.05. The first-order valence-corrected chi connectivity index (χ1v) is 6.25. The Kier molecular flexibility index (Phi) is 4.84. The molecule has 0 aliphatic rings. The number of anilines is 2. The van der Waals surface area contributed by atoms with Crippen LogP contribution in [0.15, 0.2) is 30.6 Å². The first-order chi connectivity index (χ1) is 10.2. The van der Waals surface area contributed by atoms with Gasteiger partial charge in [0.2, 0.25) is 5.91 Å². The number of aliphatic hydroxyl groups excluding tert-OH is 1. The summed E-state index contributed by atoms with van der Waals surface area (Å²) in [6.07, 6.45) is 3.21. The van der Waals surface area contributed by atoms with Crippen LogP contribution in [0.4, 0.5) is 11.5 Å². The van der Waals surface area contributed by atoms with Gasteiger partial charge in [-0.05, 0) is 12.1 Å². The maximum Gasteiger partial charge on any atom is 0.241 e. The first kappa shape index (κ1) is 14.5. The van der Waals surface area contributed by atoms with E-state index >= 15 is 0 Å². The summed E-state index contributed by atoms with van der Waals surface area (Å²) in [6, 6.07) is 7.02. The zero-order valence-corrected chi connectivity index (χ0v) is 11.2. The minimum Gasteiger partial charge on any atom is -0.395 e. The van der Waals surface area contributed by atoms with Crippen LogP contribution in [-0.4, -0.2) is 38.9 Å². The molecule has 2 rings (SSSR count). The van der Waals surface area contributed by atoms with Crippen molar-refractivity contribution in [2.75, 3.05) is 18.5 Å². The third-order valence-electron chi connectivity index (χ3n) is 2.51. The average molecular weight is 286 g/mol. The molecule has 0 unspecified atom stereocenters. The van der Waals surface area contributed by atoms with Gasteiger partial charge in [0, 0.05) is 12.7 Å². The molecule has 0 aliphatic heterocycles. The second kappa shape index (κ2) is 7.02. The number of aliphatic hydroxyl groups is 1. The number of carbonyl (C=O) groups is 1. The van der Waals surface area contributed by atoms with Crippen molar-refractivity contribution in [2.45, 2.75) is 6.54 Å². The third kappa shape index (κ3) is 4.29. The monoisotopic (exact) mass is 286 g/mol. The quantitative estimate of drug-likeness (QED) is 0.688. The van der Waals surface area contributed by atoms with Crippen molar-refractivity contribution in [1.29, 1.82) is 5.26 Å². The van der Waals surface area contributed by atoms with E-state index in [0.29, 0.717) is 17.2 Å². The number of hydrogen-bond acceptors (Lipinski definition) is 6. The van der Waals surface area contributed by atoms with Crippen LogP contribution in [0.3, 0.4) is 0 Å². The summed E-state index contributed by atoms with van der Waals surface area (Å²) in [7, 11) is 0. The Bertz CT molecular complexity index is 661. The van der Waals surface area contributed by atoms with E-state index in [0.717, 1.165) is 0 Å². The molecule has 0 bridgehead atoms. The number of carbonyl (C=O) groups excluding carboxylic acids is 1. The summed E-state index contributed by atoms with van der Waals surface area (Å²) in [5.41, 5.74) is 0.975. The number of pyridine rings is 1. The molecule has 8 nitrogen and oxygen atoms in total. The average Bonchev–Trinajstić information content (AvgIpc) is 2.92. The Morgan fingerprint density at radius 3 is 3.10 bits per heavy atom. The largest absolute Gasteiger partial charge is 0.395 e. The molecule has 2 heterocycles.